The molecule has 0 aliphatic carbocycles. The first-order valence-corrected chi connectivity index (χ1v) is 10.6. The first kappa shape index (κ1) is 22.8. The van der Waals surface area contributed by atoms with Crippen molar-refractivity contribution in [3.8, 4) is 0 Å². The Kier molecular flexibility index (Phi) is 7.36. The molecule has 0 atom stereocenters. The molecular weight excluding hydrogens is 433 g/mol. The summed E-state index contributed by atoms with van der Waals surface area (Å²) >= 11 is 12.2. The summed E-state index contributed by atoms with van der Waals surface area (Å²) in [5.41, 5.74) is 5.39. The number of aromatic nitrogens is 2. The number of benzene rings is 2. The van der Waals surface area contributed by atoms with Crippen molar-refractivity contribution >= 4 is 40.8 Å². The fourth-order valence-corrected chi connectivity index (χ4v) is 3.52. The maximum absolute atomic E-state index is 12.7. The van der Waals surface area contributed by atoms with E-state index in [1.54, 1.807) is 24.3 Å². The van der Waals surface area contributed by atoms with E-state index in [9.17, 15) is 4.79 Å². The van der Waals surface area contributed by atoms with Crippen molar-refractivity contribution in [2.75, 3.05) is 11.9 Å². The molecule has 0 radical (unpaired) electrons. The topological polar surface area (TPSA) is 71.3 Å². The third-order valence-corrected chi connectivity index (χ3v) is 5.81. The summed E-state index contributed by atoms with van der Waals surface area (Å²) in [7, 11) is 1.93. The normalized spacial score (nSPS) is 11.5. The number of aryl methyl sites for hydroxylation is 2. The fourth-order valence-electron chi connectivity index (χ4n) is 3.22. The lowest BCUT2D eigenvalue weighted by Gasteiger charge is -2.14. The number of carbonyl (C=O) groups excluding carboxylic acids is 1. The van der Waals surface area contributed by atoms with E-state index in [1.165, 1.54) is 0 Å². The van der Waals surface area contributed by atoms with Crippen LogP contribution in [0.5, 0.6) is 0 Å². The van der Waals surface area contributed by atoms with E-state index in [4.69, 9.17) is 23.2 Å². The summed E-state index contributed by atoms with van der Waals surface area (Å²) in [6.45, 7) is 6.42. The number of guanidine groups is 1. The molecule has 0 aliphatic rings. The summed E-state index contributed by atoms with van der Waals surface area (Å²) in [4.78, 5) is 17.4. The van der Waals surface area contributed by atoms with Crippen molar-refractivity contribution in [3.63, 3.8) is 0 Å². The van der Waals surface area contributed by atoms with Crippen molar-refractivity contribution in [2.24, 2.45) is 12.0 Å². The van der Waals surface area contributed by atoms with Crippen LogP contribution < -0.4 is 10.6 Å². The van der Waals surface area contributed by atoms with Crippen LogP contribution in [0.1, 0.15) is 32.9 Å². The van der Waals surface area contributed by atoms with Gasteiger partial charge in [0.1, 0.15) is 0 Å². The lowest BCUT2D eigenvalue weighted by atomic mass is 10.1. The molecule has 0 saturated heterocycles. The number of nitrogens with zero attached hydrogens (tertiary/aromatic N) is 3. The van der Waals surface area contributed by atoms with Gasteiger partial charge in [-0.25, -0.2) is 0 Å². The summed E-state index contributed by atoms with van der Waals surface area (Å²) in [5, 5.41) is 11.7. The summed E-state index contributed by atoms with van der Waals surface area (Å²) in [6.07, 6.45) is 0.710. The molecule has 0 spiro atoms. The van der Waals surface area contributed by atoms with E-state index in [0.29, 0.717) is 34.5 Å². The highest BCUT2D eigenvalue weighted by Gasteiger charge is 2.13. The molecule has 162 valence electrons. The fraction of sp³-hybridized carbons (Fsp3) is 0.261. The summed E-state index contributed by atoms with van der Waals surface area (Å²) in [5.74, 6) is 0.0702. The molecule has 0 aliphatic heterocycles. The molecule has 0 fully saturated rings. The molecule has 2 N–H and O–H groups in total. The molecule has 0 bridgehead atoms. The van der Waals surface area contributed by atoms with Crippen LogP contribution in [0, 0.1) is 20.8 Å². The van der Waals surface area contributed by atoms with Gasteiger partial charge in [-0.05, 0) is 74.7 Å². The maximum atomic E-state index is 12.7. The van der Waals surface area contributed by atoms with Crippen LogP contribution in [0.3, 0.4) is 0 Å². The SMILES string of the molecule is Cc1nn(C)c(C)c1CCN=C(NC(=O)c1ccc(Cl)cc1)Nc1cccc(Cl)c1C. The Morgan fingerprint density at radius 1 is 1.10 bits per heavy atom. The molecule has 3 aromatic rings. The predicted molar refractivity (Wildman–Crippen MR) is 127 cm³/mol. The van der Waals surface area contributed by atoms with Gasteiger partial charge in [-0.3, -0.25) is 19.8 Å². The van der Waals surface area contributed by atoms with Crippen LogP contribution >= 0.6 is 23.2 Å². The molecule has 0 saturated carbocycles. The number of aliphatic imine (C=N–C) groups is 1. The zero-order valence-electron chi connectivity index (χ0n) is 18.0. The Morgan fingerprint density at radius 3 is 2.45 bits per heavy atom. The average Bonchev–Trinajstić information content (AvgIpc) is 2.97. The van der Waals surface area contributed by atoms with Crippen molar-refractivity contribution in [3.05, 3.63) is 80.6 Å². The third kappa shape index (κ3) is 5.66. The number of nitrogens with one attached hydrogen (secondary N) is 2. The van der Waals surface area contributed by atoms with Gasteiger partial charge in [-0.1, -0.05) is 29.3 Å². The van der Waals surface area contributed by atoms with Gasteiger partial charge in [0.2, 0.25) is 5.96 Å². The van der Waals surface area contributed by atoms with Crippen LogP contribution in [0.25, 0.3) is 0 Å². The van der Waals surface area contributed by atoms with Crippen LogP contribution in [0.15, 0.2) is 47.5 Å². The predicted octanol–water partition coefficient (Wildman–Crippen LogP) is 5.09. The van der Waals surface area contributed by atoms with E-state index in [1.807, 2.05) is 50.7 Å². The quantitative estimate of drug-likeness (QED) is 0.413. The first-order chi connectivity index (χ1) is 14.8. The average molecular weight is 458 g/mol. The molecule has 1 heterocycles. The number of hydrogen-bond acceptors (Lipinski definition) is 3. The monoisotopic (exact) mass is 457 g/mol. The summed E-state index contributed by atoms with van der Waals surface area (Å²) < 4.78 is 1.87. The number of anilines is 1. The lowest BCUT2D eigenvalue weighted by Crippen LogP contribution is -2.36. The molecule has 6 nitrogen and oxygen atoms in total. The second-order valence-corrected chi connectivity index (χ2v) is 8.10. The van der Waals surface area contributed by atoms with Gasteiger partial charge < -0.3 is 5.32 Å². The van der Waals surface area contributed by atoms with Crippen molar-refractivity contribution in [1.29, 1.82) is 0 Å². The van der Waals surface area contributed by atoms with Crippen LogP contribution in [0.4, 0.5) is 5.69 Å². The highest BCUT2D eigenvalue weighted by molar-refractivity contribution is 6.32. The highest BCUT2D eigenvalue weighted by Crippen LogP contribution is 2.23. The Labute approximate surface area is 192 Å². The molecule has 1 aromatic heterocycles. The van der Waals surface area contributed by atoms with Gasteiger partial charge in [-0.2, -0.15) is 5.10 Å². The Hall–Kier alpha value is -2.83. The van der Waals surface area contributed by atoms with E-state index >= 15 is 0 Å². The number of rotatable bonds is 5. The van der Waals surface area contributed by atoms with Crippen molar-refractivity contribution < 1.29 is 4.79 Å². The molecule has 1 amide bonds. The van der Waals surface area contributed by atoms with Crippen LogP contribution in [0.2, 0.25) is 10.0 Å². The first-order valence-electron chi connectivity index (χ1n) is 9.89. The zero-order chi connectivity index (χ0) is 22.5. The number of carbonyl (C=O) groups is 1. The van der Waals surface area contributed by atoms with Gasteiger partial charge in [0.15, 0.2) is 0 Å². The van der Waals surface area contributed by atoms with Crippen LogP contribution in [-0.2, 0) is 13.5 Å². The van der Waals surface area contributed by atoms with Gasteiger partial charge in [0, 0.05) is 40.6 Å². The molecular formula is C23H25Cl2N5O. The van der Waals surface area contributed by atoms with E-state index in [0.717, 1.165) is 28.2 Å². The maximum Gasteiger partial charge on any atom is 0.257 e. The molecule has 31 heavy (non-hydrogen) atoms. The number of amides is 1. The third-order valence-electron chi connectivity index (χ3n) is 5.15. The Morgan fingerprint density at radius 2 is 1.81 bits per heavy atom. The second-order valence-electron chi connectivity index (χ2n) is 7.25. The molecule has 3 rings (SSSR count). The smallest absolute Gasteiger partial charge is 0.257 e. The molecule has 8 heteroatoms. The minimum absolute atomic E-state index is 0.281. The molecule has 2 aromatic carbocycles. The number of hydrogen-bond donors (Lipinski definition) is 2. The Balaban J connectivity index is 1.82. The van der Waals surface area contributed by atoms with Crippen molar-refractivity contribution in [2.45, 2.75) is 27.2 Å². The van der Waals surface area contributed by atoms with E-state index in [-0.39, 0.29) is 5.91 Å². The minimum Gasteiger partial charge on any atom is -0.326 e. The van der Waals surface area contributed by atoms with Gasteiger partial charge in [-0.15, -0.1) is 0 Å². The second kappa shape index (κ2) is 9.98. The highest BCUT2D eigenvalue weighted by atomic mass is 35.5. The lowest BCUT2D eigenvalue weighted by molar-refractivity contribution is 0.0977. The van der Waals surface area contributed by atoms with Crippen LogP contribution in [-0.4, -0.2) is 28.2 Å². The van der Waals surface area contributed by atoms with Gasteiger partial charge in [0.05, 0.1) is 5.69 Å². The standard InChI is InChI=1S/C23H25Cl2N5O/c1-14-20(25)6-5-7-21(14)27-23(28-22(31)17-8-10-18(24)11-9-17)26-13-12-19-15(2)29-30(4)16(19)3/h5-11H,12-13H2,1-4H3,(H2,26,27,28,31). The zero-order valence-corrected chi connectivity index (χ0v) is 19.5. The van der Waals surface area contributed by atoms with E-state index in [2.05, 4.69) is 20.7 Å². The minimum atomic E-state index is -0.281. The number of halogens is 2. The van der Waals surface area contributed by atoms with Crippen molar-refractivity contribution in [1.82, 2.24) is 15.1 Å². The Bertz CT molecular complexity index is 1120. The largest absolute Gasteiger partial charge is 0.326 e. The van der Waals surface area contributed by atoms with Gasteiger partial charge in [0.25, 0.3) is 5.91 Å². The van der Waals surface area contributed by atoms with E-state index < -0.39 is 0 Å². The summed E-state index contributed by atoms with van der Waals surface area (Å²) in [6, 6.07) is 12.2. The molecule has 0 unspecified atom stereocenters. The van der Waals surface area contributed by atoms with Gasteiger partial charge >= 0.3 is 0 Å².